The average Bonchev–Trinajstić information content (AvgIpc) is 2.93. The molecule has 0 amide bonds. The number of benzene rings is 1. The fourth-order valence-corrected chi connectivity index (χ4v) is 5.12. The van der Waals surface area contributed by atoms with Gasteiger partial charge in [-0.15, -0.1) is 0 Å². The molecule has 5 nitrogen and oxygen atoms in total. The summed E-state index contributed by atoms with van der Waals surface area (Å²) in [6.45, 7) is 4.00. The summed E-state index contributed by atoms with van der Waals surface area (Å²) in [4.78, 5) is 12.9. The van der Waals surface area contributed by atoms with Crippen LogP contribution in [0.2, 0.25) is 0 Å². The molecule has 0 aliphatic heterocycles. The Morgan fingerprint density at radius 3 is 2.58 bits per heavy atom. The van der Waals surface area contributed by atoms with Gasteiger partial charge >= 0.3 is 5.97 Å². The van der Waals surface area contributed by atoms with Gasteiger partial charge in [0.2, 0.25) is 5.60 Å². The minimum absolute atomic E-state index is 0.0348. The molecule has 2 aliphatic rings. The lowest BCUT2D eigenvalue weighted by molar-refractivity contribution is -0.219. The summed E-state index contributed by atoms with van der Waals surface area (Å²) in [5.74, 6) is -0.556. The van der Waals surface area contributed by atoms with Gasteiger partial charge in [-0.1, -0.05) is 31.2 Å². The maximum atomic E-state index is 12.9. The molecule has 1 fully saturated rings. The molecule has 2 aliphatic carbocycles. The van der Waals surface area contributed by atoms with Crippen molar-refractivity contribution in [3.63, 3.8) is 0 Å². The van der Waals surface area contributed by atoms with E-state index < -0.39 is 23.1 Å². The lowest BCUT2D eigenvalue weighted by Gasteiger charge is -2.54. The van der Waals surface area contributed by atoms with E-state index in [1.54, 1.807) is 6.92 Å². The molecule has 0 spiro atoms. The third kappa shape index (κ3) is 2.01. The van der Waals surface area contributed by atoms with Gasteiger partial charge in [0.1, 0.15) is 6.10 Å². The van der Waals surface area contributed by atoms with Gasteiger partial charge in [0.15, 0.2) is 0 Å². The molecule has 1 aromatic rings. The number of aliphatic hydroxyl groups is 2. The molecule has 132 valence electrons. The van der Waals surface area contributed by atoms with Crippen molar-refractivity contribution >= 4 is 5.97 Å². The van der Waals surface area contributed by atoms with E-state index in [4.69, 9.17) is 9.47 Å². The summed E-state index contributed by atoms with van der Waals surface area (Å²) in [6, 6.07) is 7.60. The van der Waals surface area contributed by atoms with Gasteiger partial charge in [-0.25, -0.2) is 4.79 Å². The summed E-state index contributed by atoms with van der Waals surface area (Å²) in [7, 11) is 1.46. The van der Waals surface area contributed by atoms with Gasteiger partial charge in [0.25, 0.3) is 0 Å². The SMILES string of the molecule is CCOC(=O)[C@@]1(OC)[C@@H](O)c2ccccc2[C@H]2[C@H](CO)CC[C@@]21C. The van der Waals surface area contributed by atoms with E-state index in [0.29, 0.717) is 12.0 Å². The van der Waals surface area contributed by atoms with Crippen molar-refractivity contribution in [2.45, 2.75) is 44.3 Å². The van der Waals surface area contributed by atoms with Gasteiger partial charge in [-0.05, 0) is 42.7 Å². The smallest absolute Gasteiger partial charge is 0.342 e. The highest BCUT2D eigenvalue weighted by atomic mass is 16.6. The Hall–Kier alpha value is -1.43. The van der Waals surface area contributed by atoms with Crippen molar-refractivity contribution in [3.8, 4) is 0 Å². The van der Waals surface area contributed by atoms with Crippen molar-refractivity contribution in [1.29, 1.82) is 0 Å². The van der Waals surface area contributed by atoms with E-state index in [0.717, 1.165) is 12.0 Å². The first kappa shape index (κ1) is 17.4. The molecule has 24 heavy (non-hydrogen) atoms. The number of ether oxygens (including phenoxy) is 2. The number of methoxy groups -OCH3 is 1. The molecule has 5 atom stereocenters. The molecule has 1 aromatic carbocycles. The first-order valence-electron chi connectivity index (χ1n) is 8.58. The standard InChI is InChI=1S/C19H26O5/c1-4-24-17(22)19(23-3)16(21)14-8-6-5-7-13(14)15-12(11-20)9-10-18(15,19)2/h5-8,12,15-16,20-21H,4,9-11H2,1-3H3/t12-,15+,16-,18-,19-/m0/s1. The van der Waals surface area contributed by atoms with Gasteiger partial charge in [0, 0.05) is 19.1 Å². The monoisotopic (exact) mass is 334 g/mol. The third-order valence-electron chi connectivity index (χ3n) is 6.19. The van der Waals surface area contributed by atoms with Crippen molar-refractivity contribution in [1.82, 2.24) is 0 Å². The second-order valence-electron chi connectivity index (χ2n) is 7.07. The van der Waals surface area contributed by atoms with E-state index in [2.05, 4.69) is 0 Å². The van der Waals surface area contributed by atoms with E-state index in [-0.39, 0.29) is 25.0 Å². The van der Waals surface area contributed by atoms with Crippen LogP contribution in [0.4, 0.5) is 0 Å². The average molecular weight is 334 g/mol. The molecule has 1 saturated carbocycles. The van der Waals surface area contributed by atoms with Crippen LogP contribution in [0.25, 0.3) is 0 Å². The fourth-order valence-electron chi connectivity index (χ4n) is 5.12. The maximum absolute atomic E-state index is 12.9. The van der Waals surface area contributed by atoms with E-state index in [1.807, 2.05) is 31.2 Å². The van der Waals surface area contributed by atoms with Crippen LogP contribution in [0.1, 0.15) is 49.8 Å². The number of hydrogen-bond donors (Lipinski definition) is 2. The lowest BCUT2D eigenvalue weighted by atomic mass is 9.55. The molecular weight excluding hydrogens is 308 g/mol. The molecule has 3 rings (SSSR count). The molecule has 0 bridgehead atoms. The van der Waals surface area contributed by atoms with Crippen LogP contribution in [0, 0.1) is 11.3 Å². The first-order chi connectivity index (χ1) is 11.5. The number of carbonyl (C=O) groups excluding carboxylic acids is 1. The minimum Gasteiger partial charge on any atom is -0.464 e. The zero-order chi connectivity index (χ0) is 17.5. The van der Waals surface area contributed by atoms with Crippen molar-refractivity contribution in [2.24, 2.45) is 11.3 Å². The third-order valence-corrected chi connectivity index (χ3v) is 6.19. The van der Waals surface area contributed by atoms with Crippen LogP contribution < -0.4 is 0 Å². The number of aliphatic hydroxyl groups excluding tert-OH is 2. The summed E-state index contributed by atoms with van der Waals surface area (Å²) >= 11 is 0. The van der Waals surface area contributed by atoms with Gasteiger partial charge in [-0.3, -0.25) is 0 Å². The first-order valence-corrected chi connectivity index (χ1v) is 8.58. The highest BCUT2D eigenvalue weighted by Crippen LogP contribution is 2.65. The summed E-state index contributed by atoms with van der Waals surface area (Å²) in [5.41, 5.74) is -0.419. The second-order valence-corrected chi connectivity index (χ2v) is 7.07. The molecule has 0 unspecified atom stereocenters. The van der Waals surface area contributed by atoms with E-state index >= 15 is 0 Å². The van der Waals surface area contributed by atoms with Gasteiger partial charge in [0.05, 0.1) is 6.61 Å². The van der Waals surface area contributed by atoms with Crippen molar-refractivity contribution < 1.29 is 24.5 Å². The Bertz CT molecular complexity index is 630. The van der Waals surface area contributed by atoms with Crippen LogP contribution in [-0.4, -0.2) is 42.1 Å². The highest BCUT2D eigenvalue weighted by Gasteiger charge is 2.69. The number of rotatable bonds is 4. The number of esters is 1. The highest BCUT2D eigenvalue weighted by molar-refractivity contribution is 5.83. The van der Waals surface area contributed by atoms with Gasteiger partial charge < -0.3 is 19.7 Å². The summed E-state index contributed by atoms with van der Waals surface area (Å²) < 4.78 is 11.1. The van der Waals surface area contributed by atoms with Crippen LogP contribution in [0.5, 0.6) is 0 Å². The number of carbonyl (C=O) groups is 1. The largest absolute Gasteiger partial charge is 0.464 e. The Morgan fingerprint density at radius 2 is 2.00 bits per heavy atom. The quantitative estimate of drug-likeness (QED) is 0.826. The Balaban J connectivity index is 2.26. The topological polar surface area (TPSA) is 76.0 Å². The fraction of sp³-hybridized carbons (Fsp3) is 0.632. The number of hydrogen-bond acceptors (Lipinski definition) is 5. The molecular formula is C19H26O5. The zero-order valence-corrected chi connectivity index (χ0v) is 14.5. The molecule has 5 heteroatoms. The molecule has 0 heterocycles. The molecule has 0 saturated heterocycles. The van der Waals surface area contributed by atoms with Crippen LogP contribution in [0.15, 0.2) is 24.3 Å². The molecule has 0 aromatic heterocycles. The van der Waals surface area contributed by atoms with E-state index in [1.165, 1.54) is 7.11 Å². The predicted octanol–water partition coefficient (Wildman–Crippen LogP) is 2.17. The van der Waals surface area contributed by atoms with Crippen LogP contribution in [-0.2, 0) is 14.3 Å². The molecule has 0 radical (unpaired) electrons. The Morgan fingerprint density at radius 1 is 1.33 bits per heavy atom. The van der Waals surface area contributed by atoms with Gasteiger partial charge in [-0.2, -0.15) is 0 Å². The lowest BCUT2D eigenvalue weighted by Crippen LogP contribution is -2.62. The second kappa shape index (κ2) is 6.14. The van der Waals surface area contributed by atoms with Crippen molar-refractivity contribution in [3.05, 3.63) is 35.4 Å². The van der Waals surface area contributed by atoms with Crippen LogP contribution >= 0.6 is 0 Å². The van der Waals surface area contributed by atoms with E-state index in [9.17, 15) is 15.0 Å². The summed E-state index contributed by atoms with van der Waals surface area (Å²) in [6.07, 6.45) is 0.362. The zero-order valence-electron chi connectivity index (χ0n) is 14.5. The maximum Gasteiger partial charge on any atom is 0.342 e. The molecule has 2 N–H and O–H groups in total. The minimum atomic E-state index is -1.47. The Labute approximate surface area is 142 Å². The van der Waals surface area contributed by atoms with Crippen molar-refractivity contribution in [2.75, 3.05) is 20.3 Å². The Kier molecular flexibility index (Phi) is 4.45. The summed E-state index contributed by atoms with van der Waals surface area (Å²) in [5, 5.41) is 21.0. The number of fused-ring (bicyclic) bond motifs is 3. The van der Waals surface area contributed by atoms with Crippen LogP contribution in [0.3, 0.4) is 0 Å². The normalized spacial score (nSPS) is 37.6. The predicted molar refractivity (Wildman–Crippen MR) is 88.4 cm³/mol.